The zero-order chi connectivity index (χ0) is 5.86. The number of nitrogens with two attached hydrogens (primary N) is 1. The number of rotatable bonds is 2. The fourth-order valence-corrected chi connectivity index (χ4v) is 0.215. The smallest absolute Gasteiger partial charge is 0.133 e. The molecule has 0 aromatic rings. The Morgan fingerprint density at radius 1 is 1.86 bits per heavy atom. The second kappa shape index (κ2) is 2.75. The quantitative estimate of drug-likeness (QED) is 0.515. The third-order valence-corrected chi connectivity index (χ3v) is 0.727. The molecule has 0 rings (SSSR count). The van der Waals surface area contributed by atoms with E-state index in [2.05, 4.69) is 6.58 Å². The lowest BCUT2D eigenvalue weighted by Crippen LogP contribution is -2.25. The van der Waals surface area contributed by atoms with E-state index in [0.717, 1.165) is 0 Å². The van der Waals surface area contributed by atoms with Gasteiger partial charge in [0, 0.05) is 6.04 Å². The lowest BCUT2D eigenvalue weighted by Gasteiger charge is -2.03. The summed E-state index contributed by atoms with van der Waals surface area (Å²) in [5.41, 5.74) is 5.10. The molecular weight excluding hydrogens is 93.1 g/mol. The molecule has 0 unspecified atom stereocenters. The molecule has 0 aromatic heterocycles. The molecule has 1 nitrogen and oxygen atoms in total. The molecule has 0 spiro atoms. The van der Waals surface area contributed by atoms with Crippen LogP contribution in [0.1, 0.15) is 6.92 Å². The summed E-state index contributed by atoms with van der Waals surface area (Å²) in [7, 11) is 0. The van der Waals surface area contributed by atoms with Crippen LogP contribution in [0, 0.1) is 0 Å². The van der Waals surface area contributed by atoms with Gasteiger partial charge in [0.25, 0.3) is 0 Å². The Kier molecular flexibility index (Phi) is 2.60. The van der Waals surface area contributed by atoms with Crippen molar-refractivity contribution in [1.82, 2.24) is 0 Å². The minimum absolute atomic E-state index is 0.419. The first-order valence-corrected chi connectivity index (χ1v) is 2.20. The van der Waals surface area contributed by atoms with Crippen molar-refractivity contribution in [2.75, 3.05) is 0 Å². The molecule has 0 aliphatic carbocycles. The van der Waals surface area contributed by atoms with Gasteiger partial charge in [0.05, 0.1) is 0 Å². The van der Waals surface area contributed by atoms with Crippen molar-refractivity contribution in [3.05, 3.63) is 12.7 Å². The van der Waals surface area contributed by atoms with Crippen molar-refractivity contribution in [3.8, 4) is 0 Å². The zero-order valence-electron chi connectivity index (χ0n) is 4.39. The average molecular weight is 103 g/mol. The molecule has 2 atom stereocenters. The Labute approximate surface area is 43.0 Å². The summed E-state index contributed by atoms with van der Waals surface area (Å²) >= 11 is 0. The maximum absolute atomic E-state index is 12.0. The van der Waals surface area contributed by atoms with Crippen molar-refractivity contribution in [3.63, 3.8) is 0 Å². The summed E-state index contributed by atoms with van der Waals surface area (Å²) in [6.45, 7) is 4.83. The zero-order valence-corrected chi connectivity index (χ0v) is 4.39. The van der Waals surface area contributed by atoms with E-state index >= 15 is 0 Å². The molecule has 0 aromatic carbocycles. The Morgan fingerprint density at radius 3 is 2.29 bits per heavy atom. The lowest BCUT2D eigenvalue weighted by molar-refractivity contribution is 0.354. The summed E-state index contributed by atoms with van der Waals surface area (Å²) in [4.78, 5) is 0. The van der Waals surface area contributed by atoms with E-state index in [-0.39, 0.29) is 0 Å². The van der Waals surface area contributed by atoms with Crippen LogP contribution in [0.2, 0.25) is 0 Å². The summed E-state index contributed by atoms with van der Waals surface area (Å²) in [5, 5.41) is 0. The molecule has 0 aliphatic rings. The first-order valence-electron chi connectivity index (χ1n) is 2.20. The average Bonchev–Trinajstić information content (AvgIpc) is 1.65. The van der Waals surface area contributed by atoms with E-state index in [9.17, 15) is 4.39 Å². The van der Waals surface area contributed by atoms with Gasteiger partial charge in [-0.1, -0.05) is 6.08 Å². The van der Waals surface area contributed by atoms with E-state index in [0.29, 0.717) is 0 Å². The number of halogens is 1. The van der Waals surface area contributed by atoms with Crippen LogP contribution >= 0.6 is 0 Å². The van der Waals surface area contributed by atoms with Crippen LogP contribution in [0.25, 0.3) is 0 Å². The van der Waals surface area contributed by atoms with Crippen molar-refractivity contribution in [1.29, 1.82) is 0 Å². The molecule has 2 heteroatoms. The molecule has 7 heavy (non-hydrogen) atoms. The topological polar surface area (TPSA) is 26.0 Å². The van der Waals surface area contributed by atoms with Crippen LogP contribution < -0.4 is 5.73 Å². The minimum atomic E-state index is -1.06. The van der Waals surface area contributed by atoms with Crippen molar-refractivity contribution in [2.24, 2.45) is 5.73 Å². The van der Waals surface area contributed by atoms with Crippen LogP contribution in [0.15, 0.2) is 12.7 Å². The van der Waals surface area contributed by atoms with E-state index in [4.69, 9.17) is 5.73 Å². The highest BCUT2D eigenvalue weighted by atomic mass is 19.1. The van der Waals surface area contributed by atoms with E-state index in [1.165, 1.54) is 6.08 Å². The highest BCUT2D eigenvalue weighted by molar-refractivity contribution is 4.84. The van der Waals surface area contributed by atoms with Crippen LogP contribution in [0.3, 0.4) is 0 Å². The highest BCUT2D eigenvalue weighted by Crippen LogP contribution is 1.93. The van der Waals surface area contributed by atoms with Crippen LogP contribution in [-0.4, -0.2) is 12.2 Å². The van der Waals surface area contributed by atoms with Crippen molar-refractivity contribution >= 4 is 0 Å². The van der Waals surface area contributed by atoms with Crippen molar-refractivity contribution < 1.29 is 4.39 Å². The van der Waals surface area contributed by atoms with Crippen LogP contribution in [-0.2, 0) is 0 Å². The molecule has 0 amide bonds. The van der Waals surface area contributed by atoms with E-state index < -0.39 is 12.2 Å². The Bertz CT molecular complexity index is 61.1. The van der Waals surface area contributed by atoms with Gasteiger partial charge in [-0.2, -0.15) is 0 Å². The van der Waals surface area contributed by atoms with Gasteiger partial charge in [-0.15, -0.1) is 6.58 Å². The lowest BCUT2D eigenvalue weighted by atomic mass is 10.2. The maximum atomic E-state index is 12.0. The predicted molar refractivity (Wildman–Crippen MR) is 28.7 cm³/mol. The second-order valence-corrected chi connectivity index (χ2v) is 1.54. The Morgan fingerprint density at radius 2 is 2.29 bits per heavy atom. The van der Waals surface area contributed by atoms with E-state index in [1.54, 1.807) is 6.92 Å². The fourth-order valence-electron chi connectivity index (χ4n) is 0.215. The van der Waals surface area contributed by atoms with Gasteiger partial charge in [-0.3, -0.25) is 0 Å². The Hall–Kier alpha value is -0.370. The number of alkyl halides is 1. The molecule has 0 fully saturated rings. The molecule has 0 saturated carbocycles. The van der Waals surface area contributed by atoms with Gasteiger partial charge >= 0.3 is 0 Å². The first-order chi connectivity index (χ1) is 3.18. The summed E-state index contributed by atoms with van der Waals surface area (Å²) < 4.78 is 12.0. The van der Waals surface area contributed by atoms with Gasteiger partial charge in [0.15, 0.2) is 0 Å². The monoisotopic (exact) mass is 103 g/mol. The van der Waals surface area contributed by atoms with Crippen LogP contribution in [0.5, 0.6) is 0 Å². The maximum Gasteiger partial charge on any atom is 0.133 e. The molecule has 0 saturated heterocycles. The van der Waals surface area contributed by atoms with Crippen LogP contribution in [0.4, 0.5) is 4.39 Å². The molecule has 0 bridgehead atoms. The van der Waals surface area contributed by atoms with E-state index in [1.807, 2.05) is 0 Å². The minimum Gasteiger partial charge on any atom is -0.325 e. The molecular formula is C5H10FN. The Balaban J connectivity index is 3.33. The second-order valence-electron chi connectivity index (χ2n) is 1.54. The molecule has 2 N–H and O–H groups in total. The largest absolute Gasteiger partial charge is 0.325 e. The third kappa shape index (κ3) is 2.34. The fraction of sp³-hybridized carbons (Fsp3) is 0.600. The molecule has 0 heterocycles. The summed E-state index contributed by atoms with van der Waals surface area (Å²) in [6.07, 6.45) is 0.144. The molecule has 0 radical (unpaired) electrons. The summed E-state index contributed by atoms with van der Waals surface area (Å²) in [6, 6.07) is -0.419. The standard InChI is InChI=1S/C5H10FN/c1-3-5(6)4(2)7/h3-5H,1,7H2,2H3/t4-,5-/m0/s1. The van der Waals surface area contributed by atoms with Gasteiger partial charge in [0.2, 0.25) is 0 Å². The first kappa shape index (κ1) is 6.63. The molecule has 0 aliphatic heterocycles. The molecule has 42 valence electrons. The number of hydrogen-bond acceptors (Lipinski definition) is 1. The predicted octanol–water partition coefficient (Wildman–Crippen LogP) is 0.858. The van der Waals surface area contributed by atoms with Gasteiger partial charge in [-0.25, -0.2) is 4.39 Å². The van der Waals surface area contributed by atoms with Crippen molar-refractivity contribution in [2.45, 2.75) is 19.1 Å². The van der Waals surface area contributed by atoms with Gasteiger partial charge in [0.1, 0.15) is 6.17 Å². The third-order valence-electron chi connectivity index (χ3n) is 0.727. The summed E-state index contributed by atoms with van der Waals surface area (Å²) in [5.74, 6) is 0. The van der Waals surface area contributed by atoms with Gasteiger partial charge in [-0.05, 0) is 6.92 Å². The number of hydrogen-bond donors (Lipinski definition) is 1. The normalized spacial score (nSPS) is 18.1. The highest BCUT2D eigenvalue weighted by Gasteiger charge is 2.03. The van der Waals surface area contributed by atoms with Gasteiger partial charge < -0.3 is 5.73 Å². The SMILES string of the molecule is C=C[C@H](F)[C@H](C)N.